The van der Waals surface area contributed by atoms with Gasteiger partial charge in [-0.1, -0.05) is 30.3 Å². The number of nitrogens with zero attached hydrogens (tertiary/aromatic N) is 3. The van der Waals surface area contributed by atoms with E-state index in [0.29, 0.717) is 26.2 Å². The molecule has 9 nitrogen and oxygen atoms in total. The first-order valence-corrected chi connectivity index (χ1v) is 8.18. The predicted octanol–water partition coefficient (Wildman–Crippen LogP) is 0.907. The molecule has 2 aromatic rings. The van der Waals surface area contributed by atoms with Crippen LogP contribution in [0.2, 0.25) is 0 Å². The maximum atomic E-state index is 12.5. The third-order valence-corrected chi connectivity index (χ3v) is 4.46. The third-order valence-electron chi connectivity index (χ3n) is 4.46. The van der Waals surface area contributed by atoms with Crippen molar-refractivity contribution in [1.82, 2.24) is 14.8 Å². The summed E-state index contributed by atoms with van der Waals surface area (Å²) >= 11 is 0. The number of benzene rings is 1. The Kier molecular flexibility index (Phi) is 4.99. The molecule has 1 aliphatic rings. The Bertz CT molecular complexity index is 812. The van der Waals surface area contributed by atoms with Gasteiger partial charge in [-0.05, 0) is 5.56 Å². The number of carbonyl (C=O) groups excluding carboxylic acids is 2. The molecule has 1 aromatic heterocycles. The predicted molar refractivity (Wildman–Crippen MR) is 93.3 cm³/mol. The average Bonchev–Trinajstić information content (AvgIpc) is 3.13. The van der Waals surface area contributed by atoms with Crippen molar-refractivity contribution in [3.05, 3.63) is 64.0 Å². The number of hydrogen-bond donors (Lipinski definition) is 2. The molecule has 1 saturated heterocycles. The van der Waals surface area contributed by atoms with Gasteiger partial charge in [0.2, 0.25) is 5.91 Å². The second kappa shape index (κ2) is 7.36. The molecule has 0 unspecified atom stereocenters. The summed E-state index contributed by atoms with van der Waals surface area (Å²) in [5.41, 5.74) is 6.44. The van der Waals surface area contributed by atoms with Crippen molar-refractivity contribution < 1.29 is 14.5 Å². The molecule has 2 heterocycles. The maximum Gasteiger partial charge on any atom is 0.287 e. The topological polar surface area (TPSA) is 126 Å². The van der Waals surface area contributed by atoms with Gasteiger partial charge >= 0.3 is 0 Å². The molecule has 1 aliphatic heterocycles. The number of aromatic nitrogens is 1. The summed E-state index contributed by atoms with van der Waals surface area (Å²) in [7, 11) is 0. The van der Waals surface area contributed by atoms with E-state index in [1.807, 2.05) is 35.2 Å². The lowest BCUT2D eigenvalue weighted by atomic mass is 10.0. The van der Waals surface area contributed by atoms with E-state index in [9.17, 15) is 19.7 Å². The number of nitro groups is 1. The van der Waals surface area contributed by atoms with Crippen molar-refractivity contribution in [2.45, 2.75) is 6.04 Å². The molecular weight excluding hydrogens is 338 g/mol. The fourth-order valence-electron chi connectivity index (χ4n) is 3.16. The van der Waals surface area contributed by atoms with E-state index < -0.39 is 16.9 Å². The van der Waals surface area contributed by atoms with Crippen LogP contribution in [0.15, 0.2) is 42.6 Å². The Morgan fingerprint density at radius 1 is 1.15 bits per heavy atom. The fourth-order valence-corrected chi connectivity index (χ4v) is 3.16. The zero-order valence-electron chi connectivity index (χ0n) is 14.0. The Labute approximate surface area is 149 Å². The number of nitrogens with two attached hydrogens (primary N) is 1. The van der Waals surface area contributed by atoms with Crippen molar-refractivity contribution in [3.8, 4) is 0 Å². The van der Waals surface area contributed by atoms with Gasteiger partial charge in [-0.3, -0.25) is 24.6 Å². The van der Waals surface area contributed by atoms with Gasteiger partial charge in [-0.15, -0.1) is 0 Å². The molecule has 3 N–H and O–H groups in total. The van der Waals surface area contributed by atoms with E-state index in [1.54, 1.807) is 4.90 Å². The Balaban J connectivity index is 1.67. The number of primary amides is 1. The summed E-state index contributed by atoms with van der Waals surface area (Å²) in [6.45, 7) is 1.78. The number of nitrogens with one attached hydrogen (secondary N) is 1. The van der Waals surface area contributed by atoms with Crippen LogP contribution in [0.1, 0.15) is 22.1 Å². The minimum absolute atomic E-state index is 0.148. The molecule has 0 aliphatic carbocycles. The largest absolute Gasteiger partial charge is 0.368 e. The monoisotopic (exact) mass is 357 g/mol. The first kappa shape index (κ1) is 17.6. The zero-order chi connectivity index (χ0) is 18.7. The Morgan fingerprint density at radius 2 is 1.81 bits per heavy atom. The highest BCUT2D eigenvalue weighted by Gasteiger charge is 2.31. The van der Waals surface area contributed by atoms with E-state index >= 15 is 0 Å². The van der Waals surface area contributed by atoms with Crippen molar-refractivity contribution in [1.29, 1.82) is 0 Å². The standard InChI is InChI=1S/C17H19N5O4/c18-16(23)15(12-4-2-1-3-5-12)20-6-8-21(9-7-20)17(24)14-10-13(11-19-14)22(25)26/h1-5,10-11,15,19H,6-9H2,(H2,18,23)/t15-/m1/s1. The number of hydrogen-bond acceptors (Lipinski definition) is 5. The molecule has 0 saturated carbocycles. The van der Waals surface area contributed by atoms with Gasteiger partial charge in [0, 0.05) is 32.2 Å². The molecule has 1 fully saturated rings. The summed E-state index contributed by atoms with van der Waals surface area (Å²) in [6, 6.07) is 9.96. The molecule has 9 heteroatoms. The van der Waals surface area contributed by atoms with Gasteiger partial charge in [-0.25, -0.2) is 0 Å². The minimum atomic E-state index is -0.553. The van der Waals surface area contributed by atoms with Gasteiger partial charge in [0.1, 0.15) is 11.7 Å². The maximum absolute atomic E-state index is 12.5. The van der Waals surface area contributed by atoms with E-state index in [-0.39, 0.29) is 17.3 Å². The molecule has 0 bridgehead atoms. The Hall–Kier alpha value is -3.20. The summed E-state index contributed by atoms with van der Waals surface area (Å²) in [4.78, 5) is 40.8. The van der Waals surface area contributed by atoms with Gasteiger partial charge in [-0.2, -0.15) is 0 Å². The molecule has 2 amide bonds. The second-order valence-electron chi connectivity index (χ2n) is 6.07. The molecule has 0 spiro atoms. The van der Waals surface area contributed by atoms with Crippen molar-refractivity contribution in [3.63, 3.8) is 0 Å². The van der Waals surface area contributed by atoms with Crippen molar-refractivity contribution >= 4 is 17.5 Å². The quantitative estimate of drug-likeness (QED) is 0.607. The van der Waals surface area contributed by atoms with Crippen LogP contribution in [-0.4, -0.2) is 57.7 Å². The normalized spacial score (nSPS) is 16.2. The molecule has 3 rings (SSSR count). The summed E-state index contributed by atoms with van der Waals surface area (Å²) in [5, 5.41) is 10.7. The zero-order valence-corrected chi connectivity index (χ0v) is 14.0. The average molecular weight is 357 g/mol. The molecular formula is C17H19N5O4. The van der Waals surface area contributed by atoms with Crippen LogP contribution in [0.5, 0.6) is 0 Å². The van der Waals surface area contributed by atoms with E-state index in [0.717, 1.165) is 5.56 Å². The summed E-state index contributed by atoms with van der Waals surface area (Å²) in [5.74, 6) is -0.732. The second-order valence-corrected chi connectivity index (χ2v) is 6.07. The molecule has 1 aromatic carbocycles. The van der Waals surface area contributed by atoms with Crippen LogP contribution >= 0.6 is 0 Å². The number of carbonyl (C=O) groups is 2. The minimum Gasteiger partial charge on any atom is -0.368 e. The lowest BCUT2D eigenvalue weighted by Crippen LogP contribution is -2.51. The SMILES string of the molecule is NC(=O)[C@@H](c1ccccc1)N1CCN(C(=O)c2cc([N+](=O)[O-])c[nH]2)CC1. The van der Waals surface area contributed by atoms with Gasteiger partial charge in [0.05, 0.1) is 11.1 Å². The number of amides is 2. The van der Waals surface area contributed by atoms with Crippen molar-refractivity contribution in [2.75, 3.05) is 26.2 Å². The van der Waals surface area contributed by atoms with Gasteiger partial charge < -0.3 is 15.6 Å². The summed E-state index contributed by atoms with van der Waals surface area (Å²) in [6.07, 6.45) is 1.20. The number of piperazine rings is 1. The molecule has 0 radical (unpaired) electrons. The highest BCUT2D eigenvalue weighted by molar-refractivity contribution is 5.93. The van der Waals surface area contributed by atoms with E-state index in [2.05, 4.69) is 4.98 Å². The lowest BCUT2D eigenvalue weighted by molar-refractivity contribution is -0.384. The first-order chi connectivity index (χ1) is 12.5. The van der Waals surface area contributed by atoms with Crippen LogP contribution in [0, 0.1) is 10.1 Å². The highest BCUT2D eigenvalue weighted by Crippen LogP contribution is 2.22. The van der Waals surface area contributed by atoms with Crippen LogP contribution < -0.4 is 5.73 Å². The molecule has 136 valence electrons. The number of rotatable bonds is 5. The van der Waals surface area contributed by atoms with Crippen LogP contribution in [0.25, 0.3) is 0 Å². The summed E-state index contributed by atoms with van der Waals surface area (Å²) < 4.78 is 0. The third kappa shape index (κ3) is 3.57. The first-order valence-electron chi connectivity index (χ1n) is 8.18. The van der Waals surface area contributed by atoms with Gasteiger partial charge in [0.25, 0.3) is 11.6 Å². The van der Waals surface area contributed by atoms with E-state index in [4.69, 9.17) is 5.73 Å². The van der Waals surface area contributed by atoms with Crippen LogP contribution in [-0.2, 0) is 4.79 Å². The van der Waals surface area contributed by atoms with E-state index in [1.165, 1.54) is 12.3 Å². The fraction of sp³-hybridized carbons (Fsp3) is 0.294. The van der Waals surface area contributed by atoms with Crippen LogP contribution in [0.3, 0.4) is 0 Å². The van der Waals surface area contributed by atoms with Crippen LogP contribution in [0.4, 0.5) is 5.69 Å². The number of aromatic amines is 1. The Morgan fingerprint density at radius 3 is 2.35 bits per heavy atom. The lowest BCUT2D eigenvalue weighted by Gasteiger charge is -2.38. The van der Waals surface area contributed by atoms with Gasteiger partial charge in [0.15, 0.2) is 0 Å². The highest BCUT2D eigenvalue weighted by atomic mass is 16.6. The molecule has 1 atom stereocenters. The van der Waals surface area contributed by atoms with Crippen molar-refractivity contribution in [2.24, 2.45) is 5.73 Å². The smallest absolute Gasteiger partial charge is 0.287 e. The number of H-pyrrole nitrogens is 1. The molecule has 26 heavy (non-hydrogen) atoms.